The number of nitrogens with zero attached hydrogens (tertiary/aromatic N) is 1. The van der Waals surface area contributed by atoms with Crippen molar-refractivity contribution in [2.45, 2.75) is 31.4 Å². The number of aromatic nitrogens is 1. The van der Waals surface area contributed by atoms with Crippen LogP contribution >= 0.6 is 11.6 Å². The second kappa shape index (κ2) is 4.35. The van der Waals surface area contributed by atoms with E-state index in [2.05, 4.69) is 10.3 Å². The Morgan fingerprint density at radius 3 is 2.94 bits per heavy atom. The van der Waals surface area contributed by atoms with E-state index in [0.717, 1.165) is 24.8 Å². The zero-order valence-corrected chi connectivity index (χ0v) is 10.3. The van der Waals surface area contributed by atoms with E-state index in [9.17, 15) is 0 Å². The number of hydrogen-bond donors (Lipinski definition) is 2. The van der Waals surface area contributed by atoms with E-state index in [-0.39, 0.29) is 0 Å². The lowest BCUT2D eigenvalue weighted by Gasteiger charge is -2.20. The van der Waals surface area contributed by atoms with Crippen molar-refractivity contribution >= 4 is 23.1 Å². The average molecular weight is 254 g/mol. The first-order valence-corrected chi connectivity index (χ1v) is 6.41. The van der Waals surface area contributed by atoms with Gasteiger partial charge in [0, 0.05) is 12.8 Å². The van der Waals surface area contributed by atoms with Crippen LogP contribution in [-0.4, -0.2) is 23.7 Å². The van der Waals surface area contributed by atoms with Gasteiger partial charge in [-0.2, -0.15) is 0 Å². The van der Waals surface area contributed by atoms with Crippen LogP contribution in [0.1, 0.15) is 19.3 Å². The van der Waals surface area contributed by atoms with Crippen molar-refractivity contribution in [3.05, 3.63) is 17.3 Å². The van der Waals surface area contributed by atoms with Gasteiger partial charge in [0.25, 0.3) is 0 Å². The quantitative estimate of drug-likeness (QED) is 0.868. The van der Waals surface area contributed by atoms with Crippen LogP contribution in [0, 0.1) is 5.92 Å². The number of anilines is 2. The molecule has 0 amide bonds. The number of hydrogen-bond acceptors (Lipinski definition) is 4. The molecule has 1 saturated heterocycles. The lowest BCUT2D eigenvalue weighted by molar-refractivity contribution is 0.0898. The van der Waals surface area contributed by atoms with Gasteiger partial charge in [0.15, 0.2) is 0 Å². The highest BCUT2D eigenvalue weighted by Gasteiger charge is 2.40. The molecule has 0 bridgehead atoms. The number of nitrogens with one attached hydrogen (secondary N) is 1. The third-order valence-corrected chi connectivity index (χ3v) is 3.63. The topological polar surface area (TPSA) is 60.2 Å². The fourth-order valence-corrected chi connectivity index (χ4v) is 2.57. The van der Waals surface area contributed by atoms with Gasteiger partial charge in [-0.1, -0.05) is 11.6 Å². The molecule has 0 spiro atoms. The van der Waals surface area contributed by atoms with Crippen molar-refractivity contribution in [2.75, 3.05) is 17.7 Å². The van der Waals surface area contributed by atoms with Crippen molar-refractivity contribution in [2.24, 2.45) is 5.92 Å². The van der Waals surface area contributed by atoms with E-state index in [0.29, 0.717) is 22.9 Å². The third kappa shape index (κ3) is 2.33. The van der Waals surface area contributed by atoms with Gasteiger partial charge in [0.2, 0.25) is 0 Å². The molecular weight excluding hydrogens is 238 g/mol. The number of nitrogen functional groups attached to an aromatic ring is 1. The Hall–Kier alpha value is -1.00. The first-order chi connectivity index (χ1) is 8.24. The van der Waals surface area contributed by atoms with Gasteiger partial charge in [0.05, 0.1) is 22.9 Å². The average Bonchev–Trinajstić information content (AvgIpc) is 3.03. The molecule has 5 heteroatoms. The third-order valence-electron chi connectivity index (χ3n) is 3.43. The number of ether oxygens (including phenoxy) is 1. The Morgan fingerprint density at radius 2 is 2.24 bits per heavy atom. The number of halogens is 1. The van der Waals surface area contributed by atoms with Gasteiger partial charge in [-0.25, -0.2) is 4.98 Å². The summed E-state index contributed by atoms with van der Waals surface area (Å²) < 4.78 is 5.77. The van der Waals surface area contributed by atoms with Crippen LogP contribution < -0.4 is 11.1 Å². The molecule has 0 radical (unpaired) electrons. The largest absolute Gasteiger partial charge is 0.396 e. The minimum Gasteiger partial charge on any atom is -0.396 e. The van der Waals surface area contributed by atoms with Gasteiger partial charge in [-0.3, -0.25) is 0 Å². The Kier molecular flexibility index (Phi) is 2.84. The molecule has 92 valence electrons. The summed E-state index contributed by atoms with van der Waals surface area (Å²) >= 11 is 5.83. The molecule has 17 heavy (non-hydrogen) atoms. The van der Waals surface area contributed by atoms with Gasteiger partial charge in [-0.05, 0) is 31.2 Å². The summed E-state index contributed by atoms with van der Waals surface area (Å²) in [6.45, 7) is 0.826. The molecule has 1 aliphatic carbocycles. The van der Waals surface area contributed by atoms with Gasteiger partial charge >= 0.3 is 0 Å². The van der Waals surface area contributed by atoms with E-state index in [1.54, 1.807) is 12.3 Å². The highest BCUT2D eigenvalue weighted by atomic mass is 35.5. The molecule has 3 rings (SSSR count). The van der Waals surface area contributed by atoms with E-state index >= 15 is 0 Å². The molecule has 0 aromatic carbocycles. The lowest BCUT2D eigenvalue weighted by atomic mass is 10.1. The van der Waals surface area contributed by atoms with Crippen molar-refractivity contribution in [3.63, 3.8) is 0 Å². The Morgan fingerprint density at radius 1 is 1.41 bits per heavy atom. The monoisotopic (exact) mass is 253 g/mol. The van der Waals surface area contributed by atoms with Gasteiger partial charge in [-0.15, -0.1) is 0 Å². The van der Waals surface area contributed by atoms with E-state index in [4.69, 9.17) is 22.1 Å². The molecule has 1 aromatic heterocycles. The maximum Gasteiger partial charge on any atom is 0.149 e. The van der Waals surface area contributed by atoms with Crippen LogP contribution in [0.2, 0.25) is 5.02 Å². The van der Waals surface area contributed by atoms with Crippen LogP contribution in [0.5, 0.6) is 0 Å². The summed E-state index contributed by atoms with van der Waals surface area (Å²) in [6, 6.07) is 2.05. The molecule has 2 unspecified atom stereocenters. The summed E-state index contributed by atoms with van der Waals surface area (Å²) in [5.41, 5.74) is 6.48. The molecule has 2 heterocycles. The van der Waals surface area contributed by atoms with E-state index in [1.807, 2.05) is 0 Å². The van der Waals surface area contributed by atoms with Crippen LogP contribution in [0.3, 0.4) is 0 Å². The first-order valence-electron chi connectivity index (χ1n) is 6.03. The van der Waals surface area contributed by atoms with Crippen LogP contribution in [0.15, 0.2) is 12.3 Å². The fourth-order valence-electron chi connectivity index (χ4n) is 2.41. The second-order valence-electron chi connectivity index (χ2n) is 4.80. The summed E-state index contributed by atoms with van der Waals surface area (Å²) in [6.07, 6.45) is 5.53. The summed E-state index contributed by atoms with van der Waals surface area (Å²) in [5.74, 6) is 1.44. The Labute approximate surface area is 106 Å². The van der Waals surface area contributed by atoms with Crippen molar-refractivity contribution < 1.29 is 4.74 Å². The number of pyridine rings is 1. The molecule has 2 atom stereocenters. The molecule has 4 nitrogen and oxygen atoms in total. The van der Waals surface area contributed by atoms with Crippen LogP contribution in [0.4, 0.5) is 11.5 Å². The Bertz CT molecular complexity index is 422. The highest BCUT2D eigenvalue weighted by Crippen LogP contribution is 2.39. The van der Waals surface area contributed by atoms with Crippen molar-refractivity contribution in [1.82, 2.24) is 4.98 Å². The van der Waals surface area contributed by atoms with Crippen LogP contribution in [-0.2, 0) is 4.74 Å². The predicted octanol–water partition coefficient (Wildman–Crippen LogP) is 2.30. The maximum absolute atomic E-state index is 5.89. The normalized spacial score (nSPS) is 28.3. The highest BCUT2D eigenvalue weighted by molar-refractivity contribution is 6.30. The number of rotatable bonds is 3. The molecule has 2 fully saturated rings. The lowest BCUT2D eigenvalue weighted by Crippen LogP contribution is -2.31. The minimum absolute atomic E-state index is 0.326. The van der Waals surface area contributed by atoms with Crippen molar-refractivity contribution in [3.8, 4) is 0 Å². The van der Waals surface area contributed by atoms with Gasteiger partial charge in [0.1, 0.15) is 5.82 Å². The smallest absolute Gasteiger partial charge is 0.149 e. The minimum atomic E-state index is 0.326. The van der Waals surface area contributed by atoms with E-state index < -0.39 is 0 Å². The molecule has 2 aliphatic rings. The molecule has 1 aromatic rings. The predicted molar refractivity (Wildman–Crippen MR) is 68.2 cm³/mol. The maximum atomic E-state index is 5.89. The molecule has 1 aliphatic heterocycles. The van der Waals surface area contributed by atoms with Gasteiger partial charge < -0.3 is 15.8 Å². The first kappa shape index (κ1) is 11.1. The second-order valence-corrected chi connectivity index (χ2v) is 5.24. The SMILES string of the molecule is Nc1cc(Cl)cnc1NC1CCOC1C1CC1. The van der Waals surface area contributed by atoms with E-state index in [1.165, 1.54) is 12.8 Å². The zero-order valence-electron chi connectivity index (χ0n) is 9.53. The molecule has 1 saturated carbocycles. The standard InChI is InChI=1S/C12H16ClN3O/c13-8-5-9(14)12(15-6-8)16-10-3-4-17-11(10)7-1-2-7/h5-7,10-11H,1-4,14H2,(H,15,16). The van der Waals surface area contributed by atoms with Crippen molar-refractivity contribution in [1.29, 1.82) is 0 Å². The number of nitrogens with two attached hydrogens (primary N) is 1. The fraction of sp³-hybridized carbons (Fsp3) is 0.583. The summed E-state index contributed by atoms with van der Waals surface area (Å²) in [5, 5.41) is 3.95. The zero-order chi connectivity index (χ0) is 11.8. The summed E-state index contributed by atoms with van der Waals surface area (Å²) in [7, 11) is 0. The molecule has 3 N–H and O–H groups in total. The Balaban J connectivity index is 1.72. The van der Waals surface area contributed by atoms with Crippen LogP contribution in [0.25, 0.3) is 0 Å². The molecular formula is C12H16ClN3O. The summed E-state index contributed by atoms with van der Waals surface area (Å²) in [4.78, 5) is 4.23.